The number of hydrogen-bond acceptors (Lipinski definition) is 5. The minimum atomic E-state index is -4.51. The number of benzene rings is 2. The van der Waals surface area contributed by atoms with Crippen LogP contribution in [0.25, 0.3) is 5.69 Å². The lowest BCUT2D eigenvalue weighted by atomic mass is 10.1. The molecule has 37 heavy (non-hydrogen) atoms. The highest BCUT2D eigenvalue weighted by Crippen LogP contribution is 2.30. The van der Waals surface area contributed by atoms with Gasteiger partial charge in [-0.05, 0) is 50.6 Å². The number of thioether (sulfide) groups is 1. The van der Waals surface area contributed by atoms with E-state index in [-0.39, 0.29) is 24.1 Å². The fourth-order valence-electron chi connectivity index (χ4n) is 4.34. The summed E-state index contributed by atoms with van der Waals surface area (Å²) < 4.78 is 41.1. The number of amides is 2. The molecule has 3 aromatic rings. The molecule has 0 spiro atoms. The van der Waals surface area contributed by atoms with Crippen LogP contribution in [0.4, 0.5) is 13.2 Å². The number of hydrogen-bond donors (Lipinski definition) is 0. The van der Waals surface area contributed by atoms with E-state index < -0.39 is 17.6 Å². The molecule has 0 aliphatic carbocycles. The van der Waals surface area contributed by atoms with Crippen LogP contribution in [0.5, 0.6) is 0 Å². The van der Waals surface area contributed by atoms with Crippen molar-refractivity contribution in [3.05, 3.63) is 71.5 Å². The maximum Gasteiger partial charge on any atom is 0.416 e. The predicted molar refractivity (Wildman–Crippen MR) is 135 cm³/mol. The first-order valence-corrected chi connectivity index (χ1v) is 13.0. The van der Waals surface area contributed by atoms with Crippen molar-refractivity contribution in [1.29, 1.82) is 0 Å². The van der Waals surface area contributed by atoms with Crippen LogP contribution < -0.4 is 0 Å². The number of halogens is 3. The Hall–Kier alpha value is -3.34. The molecule has 1 saturated heterocycles. The van der Waals surface area contributed by atoms with Crippen LogP contribution in [0, 0.1) is 6.92 Å². The van der Waals surface area contributed by atoms with Gasteiger partial charge in [0.15, 0.2) is 5.16 Å². The van der Waals surface area contributed by atoms with Crippen LogP contribution in [0.15, 0.2) is 59.8 Å². The molecule has 1 unspecified atom stereocenters. The highest BCUT2D eigenvalue weighted by molar-refractivity contribution is 7.99. The predicted octanol–water partition coefficient (Wildman–Crippen LogP) is 4.84. The zero-order chi connectivity index (χ0) is 26.6. The monoisotopic (exact) mass is 531 g/mol. The average Bonchev–Trinajstić information content (AvgIpc) is 3.26. The molecule has 0 N–H and O–H groups in total. The summed E-state index contributed by atoms with van der Waals surface area (Å²) in [5.74, 6) is 1.02. The molecule has 4 rings (SSSR count). The number of carbonyl (C=O) groups is 2. The Labute approximate surface area is 217 Å². The summed E-state index contributed by atoms with van der Waals surface area (Å²) in [6, 6.07) is 14.0. The van der Waals surface area contributed by atoms with Gasteiger partial charge in [-0.1, -0.05) is 36.0 Å². The van der Waals surface area contributed by atoms with Crippen molar-refractivity contribution in [2.45, 2.75) is 44.1 Å². The van der Waals surface area contributed by atoms with Crippen LogP contribution in [-0.4, -0.2) is 67.8 Å². The molecule has 1 aliphatic heterocycles. The van der Waals surface area contributed by atoms with E-state index in [9.17, 15) is 22.8 Å². The molecule has 2 amide bonds. The van der Waals surface area contributed by atoms with Gasteiger partial charge in [0.25, 0.3) is 5.91 Å². The molecule has 11 heteroatoms. The van der Waals surface area contributed by atoms with Gasteiger partial charge in [-0.2, -0.15) is 13.2 Å². The maximum atomic E-state index is 13.0. The Kier molecular flexibility index (Phi) is 8.21. The summed E-state index contributed by atoms with van der Waals surface area (Å²) in [4.78, 5) is 28.9. The first-order valence-electron chi connectivity index (χ1n) is 12.0. The van der Waals surface area contributed by atoms with Crippen molar-refractivity contribution in [1.82, 2.24) is 24.6 Å². The SMILES string of the molecule is Cc1nnc(SCCCC(=O)N2CCN(C(=O)c3cccc(C(F)(F)F)c3)C(C)C2)n1-c1ccccc1. The summed E-state index contributed by atoms with van der Waals surface area (Å²) in [6.45, 7) is 4.67. The number of aryl methyl sites for hydroxylation is 1. The normalized spacial score (nSPS) is 16.2. The molecule has 0 bridgehead atoms. The third kappa shape index (κ3) is 6.33. The molecule has 196 valence electrons. The summed E-state index contributed by atoms with van der Waals surface area (Å²) in [5.41, 5.74) is 0.127. The number of rotatable bonds is 7. The zero-order valence-corrected chi connectivity index (χ0v) is 21.4. The average molecular weight is 532 g/mol. The summed E-state index contributed by atoms with van der Waals surface area (Å²) >= 11 is 1.54. The molecule has 0 radical (unpaired) electrons. The molecule has 1 atom stereocenters. The van der Waals surface area contributed by atoms with E-state index in [0.717, 1.165) is 28.8 Å². The third-order valence-corrected chi connectivity index (χ3v) is 7.27. The van der Waals surface area contributed by atoms with Gasteiger partial charge in [-0.15, -0.1) is 10.2 Å². The van der Waals surface area contributed by atoms with E-state index in [0.29, 0.717) is 31.7 Å². The third-order valence-electron chi connectivity index (χ3n) is 6.25. The lowest BCUT2D eigenvalue weighted by Gasteiger charge is -2.40. The van der Waals surface area contributed by atoms with Crippen molar-refractivity contribution in [3.63, 3.8) is 0 Å². The molecular formula is C26H28F3N5O2S. The van der Waals surface area contributed by atoms with E-state index in [1.807, 2.05) is 41.8 Å². The van der Waals surface area contributed by atoms with Gasteiger partial charge in [0.1, 0.15) is 5.82 Å². The van der Waals surface area contributed by atoms with Crippen LogP contribution in [0.2, 0.25) is 0 Å². The Bertz CT molecular complexity index is 1250. The Morgan fingerprint density at radius 1 is 1.05 bits per heavy atom. The van der Waals surface area contributed by atoms with Crippen molar-refractivity contribution < 1.29 is 22.8 Å². The summed E-state index contributed by atoms with van der Waals surface area (Å²) in [6.07, 6.45) is -3.50. The quantitative estimate of drug-likeness (QED) is 0.322. The van der Waals surface area contributed by atoms with Crippen LogP contribution in [-0.2, 0) is 11.0 Å². The van der Waals surface area contributed by atoms with Crippen molar-refractivity contribution in [2.75, 3.05) is 25.4 Å². The second-order valence-electron chi connectivity index (χ2n) is 8.92. The van der Waals surface area contributed by atoms with E-state index in [1.54, 1.807) is 23.6 Å². The number of alkyl halides is 3. The van der Waals surface area contributed by atoms with Crippen molar-refractivity contribution in [2.24, 2.45) is 0 Å². The van der Waals surface area contributed by atoms with Crippen LogP contribution in [0.1, 0.15) is 41.5 Å². The maximum absolute atomic E-state index is 13.0. The molecule has 7 nitrogen and oxygen atoms in total. The number of carbonyl (C=O) groups excluding carboxylic acids is 2. The summed E-state index contributed by atoms with van der Waals surface area (Å²) in [7, 11) is 0. The van der Waals surface area contributed by atoms with Gasteiger partial charge < -0.3 is 9.80 Å². The van der Waals surface area contributed by atoms with Gasteiger partial charge in [0.2, 0.25) is 5.91 Å². The van der Waals surface area contributed by atoms with Gasteiger partial charge in [-0.3, -0.25) is 14.2 Å². The topological polar surface area (TPSA) is 71.3 Å². The highest BCUT2D eigenvalue weighted by Gasteiger charge is 2.33. The lowest BCUT2D eigenvalue weighted by Crippen LogP contribution is -2.55. The number of para-hydroxylation sites is 1. The van der Waals surface area contributed by atoms with Crippen LogP contribution in [0.3, 0.4) is 0 Å². The van der Waals surface area contributed by atoms with Crippen LogP contribution >= 0.6 is 11.8 Å². The first kappa shape index (κ1) is 26.7. The lowest BCUT2D eigenvalue weighted by molar-refractivity contribution is -0.137. The van der Waals surface area contributed by atoms with Crippen molar-refractivity contribution in [3.8, 4) is 5.69 Å². The Morgan fingerprint density at radius 3 is 2.51 bits per heavy atom. The molecule has 1 fully saturated rings. The van der Waals surface area contributed by atoms with E-state index in [1.165, 1.54) is 17.0 Å². The standard InChI is InChI=1S/C26H28F3N5O2S/c1-18-17-32(13-14-33(18)24(36)20-8-6-9-21(16-20)26(27,28)29)23(35)12-7-15-37-25-31-30-19(2)34(25)22-10-4-3-5-11-22/h3-6,8-11,16,18H,7,12-15,17H2,1-2H3. The van der Waals surface area contributed by atoms with Gasteiger partial charge in [-0.25, -0.2) is 0 Å². The molecule has 1 aliphatic rings. The smallest absolute Gasteiger partial charge is 0.339 e. The van der Waals surface area contributed by atoms with E-state index in [2.05, 4.69) is 10.2 Å². The van der Waals surface area contributed by atoms with Gasteiger partial charge >= 0.3 is 6.18 Å². The Balaban J connectivity index is 1.27. The molecule has 1 aromatic heterocycles. The number of aromatic nitrogens is 3. The largest absolute Gasteiger partial charge is 0.416 e. The second kappa shape index (κ2) is 11.4. The summed E-state index contributed by atoms with van der Waals surface area (Å²) in [5, 5.41) is 9.21. The molecule has 2 aromatic carbocycles. The minimum Gasteiger partial charge on any atom is -0.339 e. The minimum absolute atomic E-state index is 0.000625. The van der Waals surface area contributed by atoms with E-state index in [4.69, 9.17) is 0 Å². The highest BCUT2D eigenvalue weighted by atomic mass is 32.2. The fourth-order valence-corrected chi connectivity index (χ4v) is 5.27. The number of piperazine rings is 1. The first-order chi connectivity index (χ1) is 17.6. The molecule has 2 heterocycles. The zero-order valence-electron chi connectivity index (χ0n) is 20.6. The molecular weight excluding hydrogens is 503 g/mol. The number of nitrogens with zero attached hydrogens (tertiary/aromatic N) is 5. The second-order valence-corrected chi connectivity index (χ2v) is 9.98. The van der Waals surface area contributed by atoms with Gasteiger partial charge in [0.05, 0.1) is 5.56 Å². The van der Waals surface area contributed by atoms with Gasteiger partial charge in [0, 0.05) is 49.1 Å². The van der Waals surface area contributed by atoms with E-state index >= 15 is 0 Å². The Morgan fingerprint density at radius 2 is 1.81 bits per heavy atom. The fraction of sp³-hybridized carbons (Fsp3) is 0.385. The van der Waals surface area contributed by atoms with Crippen molar-refractivity contribution >= 4 is 23.6 Å². The molecule has 0 saturated carbocycles.